The molecule has 0 fully saturated rings. The van der Waals surface area contributed by atoms with Crippen LogP contribution in [0.1, 0.15) is 31.6 Å². The largest absolute Gasteiger partial charge is 0.340 e. The highest BCUT2D eigenvalue weighted by Gasteiger charge is 2.14. The van der Waals surface area contributed by atoms with Gasteiger partial charge in [-0.3, -0.25) is 0 Å². The number of likely N-dealkylation sites (N-methyl/N-ethyl adjacent to an activating group) is 1. The van der Waals surface area contributed by atoms with Crippen molar-refractivity contribution in [3.05, 3.63) is 11.7 Å². The van der Waals surface area contributed by atoms with E-state index in [1.165, 1.54) is 0 Å². The van der Waals surface area contributed by atoms with Gasteiger partial charge in [-0.15, -0.1) is 0 Å². The van der Waals surface area contributed by atoms with Crippen molar-refractivity contribution in [2.24, 2.45) is 5.73 Å². The van der Waals surface area contributed by atoms with Gasteiger partial charge in [0.2, 0.25) is 5.89 Å². The quantitative estimate of drug-likeness (QED) is 0.755. The van der Waals surface area contributed by atoms with Crippen molar-refractivity contribution >= 4 is 0 Å². The maximum Gasteiger partial charge on any atom is 0.223 e. The molecule has 0 aromatic carbocycles. The monoisotopic (exact) mass is 198 g/mol. The number of rotatable bonds is 5. The number of nitrogens with zero attached hydrogens (tertiary/aromatic N) is 3. The van der Waals surface area contributed by atoms with E-state index in [0.717, 1.165) is 19.6 Å². The third-order valence-corrected chi connectivity index (χ3v) is 2.22. The molecule has 0 aliphatic carbocycles. The second-order valence-corrected chi connectivity index (χ2v) is 3.26. The van der Waals surface area contributed by atoms with Gasteiger partial charge in [0.15, 0.2) is 5.82 Å². The zero-order chi connectivity index (χ0) is 10.6. The van der Waals surface area contributed by atoms with Crippen LogP contribution < -0.4 is 5.73 Å². The van der Waals surface area contributed by atoms with E-state index in [-0.39, 0.29) is 6.04 Å². The summed E-state index contributed by atoms with van der Waals surface area (Å²) in [6, 6.07) is -0.160. The fraction of sp³-hybridized carbons (Fsp3) is 0.778. The molecule has 1 rings (SSSR count). The maximum absolute atomic E-state index is 5.93. The smallest absolute Gasteiger partial charge is 0.223 e. The van der Waals surface area contributed by atoms with Crippen LogP contribution >= 0.6 is 0 Å². The van der Waals surface area contributed by atoms with Gasteiger partial charge in [0.05, 0.1) is 6.04 Å². The molecule has 0 amide bonds. The summed E-state index contributed by atoms with van der Waals surface area (Å²) in [5, 5.41) is 3.80. The van der Waals surface area contributed by atoms with E-state index in [9.17, 15) is 0 Å². The first-order valence-corrected chi connectivity index (χ1v) is 4.95. The number of nitrogens with two attached hydrogens (primary N) is 1. The fourth-order valence-electron chi connectivity index (χ4n) is 1.31. The van der Waals surface area contributed by atoms with Crippen LogP contribution in [0.5, 0.6) is 0 Å². The molecule has 0 radical (unpaired) electrons. The van der Waals surface area contributed by atoms with Crippen LogP contribution in [-0.2, 0) is 0 Å². The number of hydrogen-bond donors (Lipinski definition) is 1. The van der Waals surface area contributed by atoms with E-state index >= 15 is 0 Å². The van der Waals surface area contributed by atoms with E-state index in [1.807, 2.05) is 0 Å². The average Bonchev–Trinajstić information content (AvgIpc) is 2.61. The second-order valence-electron chi connectivity index (χ2n) is 3.26. The first-order valence-electron chi connectivity index (χ1n) is 4.95. The first kappa shape index (κ1) is 11.1. The van der Waals surface area contributed by atoms with Gasteiger partial charge in [-0.2, -0.15) is 4.98 Å². The minimum absolute atomic E-state index is 0.160. The zero-order valence-electron chi connectivity index (χ0n) is 9.03. The summed E-state index contributed by atoms with van der Waals surface area (Å²) >= 11 is 0. The maximum atomic E-state index is 5.93. The van der Waals surface area contributed by atoms with Crippen molar-refractivity contribution in [3.63, 3.8) is 0 Å². The number of aromatic nitrogens is 2. The predicted molar refractivity (Wildman–Crippen MR) is 53.8 cm³/mol. The van der Waals surface area contributed by atoms with E-state index in [0.29, 0.717) is 11.7 Å². The summed E-state index contributed by atoms with van der Waals surface area (Å²) in [4.78, 5) is 6.34. The Morgan fingerprint density at radius 2 is 2.07 bits per heavy atom. The lowest BCUT2D eigenvalue weighted by atomic mass is 10.2. The van der Waals surface area contributed by atoms with Crippen molar-refractivity contribution in [3.8, 4) is 0 Å². The van der Waals surface area contributed by atoms with Crippen LogP contribution in [0.3, 0.4) is 0 Å². The molecular weight excluding hydrogens is 180 g/mol. The van der Waals surface area contributed by atoms with Crippen LogP contribution in [-0.4, -0.2) is 34.7 Å². The van der Waals surface area contributed by atoms with E-state index in [4.69, 9.17) is 10.3 Å². The predicted octanol–water partition coefficient (Wildman–Crippen LogP) is 0.720. The summed E-state index contributed by atoms with van der Waals surface area (Å²) in [5.74, 6) is 1.16. The Balaban J connectivity index is 2.53. The van der Waals surface area contributed by atoms with Gasteiger partial charge in [0.1, 0.15) is 0 Å². The van der Waals surface area contributed by atoms with Gasteiger partial charge in [0, 0.05) is 13.5 Å². The summed E-state index contributed by atoms with van der Waals surface area (Å²) < 4.78 is 4.87. The second kappa shape index (κ2) is 5.07. The van der Waals surface area contributed by atoms with E-state index in [1.54, 1.807) is 6.92 Å². The molecule has 1 heterocycles. The number of aryl methyl sites for hydroxylation is 1. The van der Waals surface area contributed by atoms with Crippen LogP contribution in [0.4, 0.5) is 0 Å². The zero-order valence-corrected chi connectivity index (χ0v) is 9.03. The first-order chi connectivity index (χ1) is 6.67. The summed E-state index contributed by atoms with van der Waals surface area (Å²) in [6.45, 7) is 8.73. The molecule has 0 bridgehead atoms. The third-order valence-electron chi connectivity index (χ3n) is 2.22. The molecule has 1 aromatic rings. The molecule has 5 heteroatoms. The van der Waals surface area contributed by atoms with Crippen molar-refractivity contribution in [2.75, 3.05) is 19.6 Å². The molecule has 2 N–H and O–H groups in total. The highest BCUT2D eigenvalue weighted by Crippen LogP contribution is 2.07. The van der Waals surface area contributed by atoms with Crippen molar-refractivity contribution in [1.82, 2.24) is 15.0 Å². The topological polar surface area (TPSA) is 68.2 Å². The lowest BCUT2D eigenvalue weighted by Crippen LogP contribution is -2.32. The SMILES string of the molecule is CCN(CC)CC(N)c1noc(C)n1. The van der Waals surface area contributed by atoms with Crippen LogP contribution in [0.2, 0.25) is 0 Å². The molecule has 80 valence electrons. The Hall–Kier alpha value is -0.940. The molecule has 1 atom stereocenters. The average molecular weight is 198 g/mol. The standard InChI is InChI=1S/C9H18N4O/c1-4-13(5-2)6-8(10)9-11-7(3)14-12-9/h8H,4-6,10H2,1-3H3. The Bertz CT molecular complexity index is 270. The van der Waals surface area contributed by atoms with Gasteiger partial charge in [-0.25, -0.2) is 0 Å². The molecule has 1 aromatic heterocycles. The highest BCUT2D eigenvalue weighted by molar-refractivity contribution is 4.92. The fourth-order valence-corrected chi connectivity index (χ4v) is 1.31. The van der Waals surface area contributed by atoms with Gasteiger partial charge in [0.25, 0.3) is 0 Å². The molecule has 1 unspecified atom stereocenters. The highest BCUT2D eigenvalue weighted by atomic mass is 16.5. The lowest BCUT2D eigenvalue weighted by molar-refractivity contribution is 0.277. The minimum atomic E-state index is -0.160. The van der Waals surface area contributed by atoms with Crippen LogP contribution in [0, 0.1) is 6.92 Å². The van der Waals surface area contributed by atoms with Gasteiger partial charge < -0.3 is 15.2 Å². The van der Waals surface area contributed by atoms with E-state index < -0.39 is 0 Å². The minimum Gasteiger partial charge on any atom is -0.340 e. The summed E-state index contributed by atoms with van der Waals surface area (Å²) in [6.07, 6.45) is 0. The van der Waals surface area contributed by atoms with Crippen molar-refractivity contribution in [2.45, 2.75) is 26.8 Å². The summed E-state index contributed by atoms with van der Waals surface area (Å²) in [7, 11) is 0. The normalized spacial score (nSPS) is 13.5. The van der Waals surface area contributed by atoms with Gasteiger partial charge in [-0.05, 0) is 13.1 Å². The lowest BCUT2D eigenvalue weighted by Gasteiger charge is -2.20. The van der Waals surface area contributed by atoms with Crippen LogP contribution in [0.25, 0.3) is 0 Å². The van der Waals surface area contributed by atoms with E-state index in [2.05, 4.69) is 28.9 Å². The molecule has 5 nitrogen and oxygen atoms in total. The van der Waals surface area contributed by atoms with Crippen molar-refractivity contribution < 1.29 is 4.52 Å². The van der Waals surface area contributed by atoms with Crippen LogP contribution in [0.15, 0.2) is 4.52 Å². The molecule has 0 saturated heterocycles. The van der Waals surface area contributed by atoms with Gasteiger partial charge in [-0.1, -0.05) is 19.0 Å². The number of hydrogen-bond acceptors (Lipinski definition) is 5. The third kappa shape index (κ3) is 2.78. The Labute approximate surface area is 84.3 Å². The van der Waals surface area contributed by atoms with Crippen molar-refractivity contribution in [1.29, 1.82) is 0 Å². The molecule has 0 aliphatic rings. The molecular formula is C9H18N4O. The Kier molecular flexibility index (Phi) is 4.03. The Morgan fingerprint density at radius 1 is 1.43 bits per heavy atom. The Morgan fingerprint density at radius 3 is 2.50 bits per heavy atom. The molecule has 0 aliphatic heterocycles. The molecule has 0 spiro atoms. The van der Waals surface area contributed by atoms with Gasteiger partial charge >= 0.3 is 0 Å². The molecule has 14 heavy (non-hydrogen) atoms. The summed E-state index contributed by atoms with van der Waals surface area (Å²) in [5.41, 5.74) is 5.93. The molecule has 0 saturated carbocycles.